The first-order chi connectivity index (χ1) is 9.36. The summed E-state index contributed by atoms with van der Waals surface area (Å²) >= 11 is 0. The summed E-state index contributed by atoms with van der Waals surface area (Å²) in [7, 11) is 0. The summed E-state index contributed by atoms with van der Waals surface area (Å²) in [4.78, 5) is 25.9. The molecule has 0 saturated carbocycles. The highest BCUT2D eigenvalue weighted by molar-refractivity contribution is 6.02. The van der Waals surface area contributed by atoms with Crippen molar-refractivity contribution in [3.8, 4) is 0 Å². The number of benzene rings is 1. The predicted molar refractivity (Wildman–Crippen MR) is 80.2 cm³/mol. The van der Waals surface area contributed by atoms with E-state index in [9.17, 15) is 9.59 Å². The van der Waals surface area contributed by atoms with E-state index in [0.29, 0.717) is 5.69 Å². The van der Waals surface area contributed by atoms with Crippen molar-refractivity contribution in [2.75, 3.05) is 5.32 Å². The zero-order valence-corrected chi connectivity index (χ0v) is 11.9. The minimum atomic E-state index is -0.328. The molecule has 2 N–H and O–H groups in total. The van der Waals surface area contributed by atoms with Gasteiger partial charge in [-0.3, -0.25) is 9.59 Å². The van der Waals surface area contributed by atoms with Gasteiger partial charge >= 0.3 is 0 Å². The van der Waals surface area contributed by atoms with E-state index in [-0.39, 0.29) is 22.4 Å². The average molecular weight is 270 g/mol. The maximum absolute atomic E-state index is 12.0. The van der Waals surface area contributed by atoms with Crippen LogP contribution in [0.5, 0.6) is 0 Å². The van der Waals surface area contributed by atoms with Crippen molar-refractivity contribution in [1.82, 2.24) is 4.98 Å². The van der Waals surface area contributed by atoms with Crippen LogP contribution in [0.2, 0.25) is 0 Å². The van der Waals surface area contributed by atoms with Gasteiger partial charge in [0.25, 0.3) is 5.91 Å². The number of rotatable bonds is 2. The molecule has 0 atom stereocenters. The van der Waals surface area contributed by atoms with E-state index in [2.05, 4.69) is 31.1 Å². The van der Waals surface area contributed by atoms with Gasteiger partial charge in [-0.25, -0.2) is 0 Å². The Morgan fingerprint density at radius 1 is 1.10 bits per heavy atom. The van der Waals surface area contributed by atoms with Crippen LogP contribution in [0.25, 0.3) is 0 Å². The zero-order valence-electron chi connectivity index (χ0n) is 11.9. The van der Waals surface area contributed by atoms with Crippen LogP contribution in [0.15, 0.2) is 47.4 Å². The Bertz CT molecular complexity index is 664. The normalized spacial score (nSPS) is 11.2. The Morgan fingerprint density at radius 3 is 2.30 bits per heavy atom. The van der Waals surface area contributed by atoms with Gasteiger partial charge in [0, 0.05) is 24.0 Å². The minimum Gasteiger partial charge on any atom is -0.357 e. The molecule has 0 saturated heterocycles. The monoisotopic (exact) mass is 270 g/mol. The highest BCUT2D eigenvalue weighted by atomic mass is 16.2. The number of aromatic nitrogens is 1. The number of amides is 1. The third kappa shape index (κ3) is 3.35. The van der Waals surface area contributed by atoms with Gasteiger partial charge in [0.2, 0.25) is 0 Å². The van der Waals surface area contributed by atoms with Gasteiger partial charge in [-0.05, 0) is 23.1 Å². The molecule has 0 bridgehead atoms. The van der Waals surface area contributed by atoms with Crippen LogP contribution in [0, 0.1) is 0 Å². The van der Waals surface area contributed by atoms with Crippen molar-refractivity contribution in [3.05, 3.63) is 64.1 Å². The van der Waals surface area contributed by atoms with E-state index in [1.165, 1.54) is 23.9 Å². The molecule has 2 rings (SSSR count). The molecule has 1 aromatic heterocycles. The summed E-state index contributed by atoms with van der Waals surface area (Å²) in [6.45, 7) is 6.40. The van der Waals surface area contributed by atoms with Gasteiger partial charge in [0.1, 0.15) is 5.69 Å². The molecule has 0 aliphatic rings. The molecule has 4 heteroatoms. The van der Waals surface area contributed by atoms with Crippen LogP contribution in [0.4, 0.5) is 5.69 Å². The lowest BCUT2D eigenvalue weighted by Gasteiger charge is -2.19. The van der Waals surface area contributed by atoms with Gasteiger partial charge in [-0.2, -0.15) is 0 Å². The average Bonchev–Trinajstić information content (AvgIpc) is 2.38. The van der Waals surface area contributed by atoms with Crippen LogP contribution in [0.3, 0.4) is 0 Å². The van der Waals surface area contributed by atoms with Gasteiger partial charge in [-0.15, -0.1) is 0 Å². The van der Waals surface area contributed by atoms with Crippen LogP contribution in [-0.2, 0) is 5.41 Å². The maximum Gasteiger partial charge on any atom is 0.272 e. The lowest BCUT2D eigenvalue weighted by molar-refractivity contribution is 0.102. The number of carbonyl (C=O) groups excluding carboxylic acids is 1. The summed E-state index contributed by atoms with van der Waals surface area (Å²) in [6, 6.07) is 10.3. The molecule has 0 spiro atoms. The number of anilines is 1. The van der Waals surface area contributed by atoms with Crippen molar-refractivity contribution in [1.29, 1.82) is 0 Å². The summed E-state index contributed by atoms with van der Waals surface area (Å²) < 4.78 is 0. The van der Waals surface area contributed by atoms with Crippen molar-refractivity contribution in [2.45, 2.75) is 26.2 Å². The molecule has 0 aliphatic heterocycles. The topological polar surface area (TPSA) is 62.0 Å². The van der Waals surface area contributed by atoms with E-state index in [0.717, 1.165) is 0 Å². The van der Waals surface area contributed by atoms with Crippen molar-refractivity contribution in [2.24, 2.45) is 0 Å². The van der Waals surface area contributed by atoms with Crippen molar-refractivity contribution >= 4 is 11.6 Å². The first-order valence-corrected chi connectivity index (χ1v) is 6.47. The van der Waals surface area contributed by atoms with Gasteiger partial charge in [-0.1, -0.05) is 32.9 Å². The Morgan fingerprint density at radius 2 is 1.75 bits per heavy atom. The quantitative estimate of drug-likeness (QED) is 0.881. The van der Waals surface area contributed by atoms with E-state index < -0.39 is 0 Å². The smallest absolute Gasteiger partial charge is 0.272 e. The number of carbonyl (C=O) groups is 1. The van der Waals surface area contributed by atoms with Gasteiger partial charge < -0.3 is 10.3 Å². The second-order valence-corrected chi connectivity index (χ2v) is 5.72. The molecule has 1 amide bonds. The Hall–Kier alpha value is -2.36. The molecular weight excluding hydrogens is 252 g/mol. The fourth-order valence-corrected chi connectivity index (χ4v) is 1.83. The lowest BCUT2D eigenvalue weighted by atomic mass is 9.87. The number of nitrogens with one attached hydrogen (secondary N) is 2. The molecule has 0 aliphatic carbocycles. The van der Waals surface area contributed by atoms with E-state index in [4.69, 9.17) is 0 Å². The third-order valence-corrected chi connectivity index (χ3v) is 3.03. The Kier molecular flexibility index (Phi) is 3.74. The summed E-state index contributed by atoms with van der Waals surface area (Å²) in [5.74, 6) is -0.328. The number of hydrogen-bond acceptors (Lipinski definition) is 2. The summed E-state index contributed by atoms with van der Waals surface area (Å²) in [5.41, 5.74) is 2.03. The lowest BCUT2D eigenvalue weighted by Crippen LogP contribution is -2.16. The molecular formula is C16H18N2O2. The van der Waals surface area contributed by atoms with E-state index >= 15 is 0 Å². The molecule has 104 valence electrons. The predicted octanol–water partition coefficient (Wildman–Crippen LogP) is 2.92. The van der Waals surface area contributed by atoms with Crippen molar-refractivity contribution < 1.29 is 4.79 Å². The minimum absolute atomic E-state index is 0.0766. The number of H-pyrrole nitrogens is 1. The molecule has 0 radical (unpaired) electrons. The fourth-order valence-electron chi connectivity index (χ4n) is 1.83. The van der Waals surface area contributed by atoms with E-state index in [1.807, 2.05) is 24.3 Å². The molecule has 1 aromatic carbocycles. The standard InChI is InChI=1S/C16H18N2O2/c1-16(2,3)11-4-6-12(7-5-11)18-15(20)14-10-13(19)8-9-17-14/h4-10H,1-3H3,(H,17,19)(H,18,20). The molecule has 0 fully saturated rings. The Labute approximate surface area is 117 Å². The molecule has 1 heterocycles. The number of pyridine rings is 1. The van der Waals surface area contributed by atoms with E-state index in [1.54, 1.807) is 0 Å². The molecule has 2 aromatic rings. The largest absolute Gasteiger partial charge is 0.357 e. The molecule has 20 heavy (non-hydrogen) atoms. The van der Waals surface area contributed by atoms with Crippen LogP contribution >= 0.6 is 0 Å². The SMILES string of the molecule is CC(C)(C)c1ccc(NC(=O)c2cc(=O)cc[nH]2)cc1. The fraction of sp³-hybridized carbons (Fsp3) is 0.250. The maximum atomic E-state index is 12.0. The van der Waals surface area contributed by atoms with Crippen LogP contribution in [-0.4, -0.2) is 10.9 Å². The third-order valence-electron chi connectivity index (χ3n) is 3.03. The number of aromatic amines is 1. The highest BCUT2D eigenvalue weighted by Gasteiger charge is 2.13. The van der Waals surface area contributed by atoms with Crippen LogP contribution in [0.1, 0.15) is 36.8 Å². The van der Waals surface area contributed by atoms with Crippen LogP contribution < -0.4 is 10.7 Å². The zero-order chi connectivity index (χ0) is 14.8. The first-order valence-electron chi connectivity index (χ1n) is 6.47. The second-order valence-electron chi connectivity index (χ2n) is 5.72. The van der Waals surface area contributed by atoms with Gasteiger partial charge in [0.15, 0.2) is 5.43 Å². The summed E-state index contributed by atoms with van der Waals surface area (Å²) in [6.07, 6.45) is 1.46. The summed E-state index contributed by atoms with van der Waals surface area (Å²) in [5, 5.41) is 2.76. The number of hydrogen-bond donors (Lipinski definition) is 2. The Balaban J connectivity index is 2.14. The highest BCUT2D eigenvalue weighted by Crippen LogP contribution is 2.23. The molecule has 4 nitrogen and oxygen atoms in total. The van der Waals surface area contributed by atoms with Crippen molar-refractivity contribution in [3.63, 3.8) is 0 Å². The molecule has 0 unspecified atom stereocenters. The first kappa shape index (κ1) is 14.1. The second kappa shape index (κ2) is 5.33. The van der Waals surface area contributed by atoms with Gasteiger partial charge in [0.05, 0.1) is 0 Å².